The molecule has 0 amide bonds. The molecule has 0 radical (unpaired) electrons. The first-order chi connectivity index (χ1) is 4.52. The second kappa shape index (κ2) is 3.87. The van der Waals surface area contributed by atoms with Gasteiger partial charge in [-0.05, 0) is 13.8 Å². The van der Waals surface area contributed by atoms with Gasteiger partial charge in [0.25, 0.3) is 0 Å². The number of nitrogens with two attached hydrogens (primary N) is 1. The highest BCUT2D eigenvalue weighted by atomic mass is 16.1. The summed E-state index contributed by atoms with van der Waals surface area (Å²) in [6.45, 7) is 3.32. The van der Waals surface area contributed by atoms with Crippen molar-refractivity contribution in [2.45, 2.75) is 26.3 Å². The van der Waals surface area contributed by atoms with E-state index < -0.39 is 0 Å². The van der Waals surface area contributed by atoms with Gasteiger partial charge in [-0.25, -0.2) is 0 Å². The van der Waals surface area contributed by atoms with Crippen LogP contribution in [0.1, 0.15) is 20.3 Å². The number of rotatable bonds is 3. The number of guanidine groups is 1. The lowest BCUT2D eigenvalue weighted by atomic mass is 10.2. The fraction of sp³-hybridized carbons (Fsp3) is 0.667. The van der Waals surface area contributed by atoms with Gasteiger partial charge in [-0.2, -0.15) is 0 Å². The van der Waals surface area contributed by atoms with E-state index in [0.29, 0.717) is 6.42 Å². The molecule has 1 unspecified atom stereocenters. The van der Waals surface area contributed by atoms with Crippen LogP contribution in [0.5, 0.6) is 0 Å². The first-order valence-corrected chi connectivity index (χ1v) is 3.12. The summed E-state index contributed by atoms with van der Waals surface area (Å²) in [6.07, 6.45) is 0.416. The Balaban J connectivity index is 3.53. The largest absolute Gasteiger partial charge is 0.370 e. The third-order valence-electron chi connectivity index (χ3n) is 0.996. The monoisotopic (exact) mass is 143 g/mol. The van der Waals surface area contributed by atoms with Crippen LogP contribution in [0, 0.1) is 5.41 Å². The van der Waals surface area contributed by atoms with E-state index in [1.54, 1.807) is 0 Å². The summed E-state index contributed by atoms with van der Waals surface area (Å²) >= 11 is 0. The van der Waals surface area contributed by atoms with Crippen molar-refractivity contribution >= 4 is 11.7 Å². The van der Waals surface area contributed by atoms with Crippen LogP contribution < -0.4 is 11.1 Å². The molecule has 0 aromatic heterocycles. The number of hydrogen-bond donors (Lipinski definition) is 3. The van der Waals surface area contributed by atoms with Crippen molar-refractivity contribution < 1.29 is 4.79 Å². The molecule has 0 saturated carbocycles. The molecule has 0 aliphatic rings. The Bertz CT molecular complexity index is 128. The molecule has 0 spiro atoms. The van der Waals surface area contributed by atoms with E-state index in [-0.39, 0.29) is 17.8 Å². The van der Waals surface area contributed by atoms with Crippen molar-refractivity contribution in [1.82, 2.24) is 5.32 Å². The van der Waals surface area contributed by atoms with E-state index in [2.05, 4.69) is 5.32 Å². The van der Waals surface area contributed by atoms with Crippen LogP contribution in [-0.2, 0) is 4.79 Å². The molecule has 58 valence electrons. The molecule has 4 heteroatoms. The molecule has 4 N–H and O–H groups in total. The van der Waals surface area contributed by atoms with Gasteiger partial charge in [0.15, 0.2) is 5.96 Å². The Kier molecular flexibility index (Phi) is 3.46. The number of ketones is 1. The van der Waals surface area contributed by atoms with Crippen molar-refractivity contribution in [2.24, 2.45) is 5.73 Å². The van der Waals surface area contributed by atoms with E-state index in [4.69, 9.17) is 11.1 Å². The fourth-order valence-corrected chi connectivity index (χ4v) is 0.748. The van der Waals surface area contributed by atoms with Gasteiger partial charge in [-0.3, -0.25) is 10.2 Å². The predicted molar refractivity (Wildman–Crippen MR) is 39.8 cm³/mol. The van der Waals surface area contributed by atoms with Crippen molar-refractivity contribution in [3.63, 3.8) is 0 Å². The van der Waals surface area contributed by atoms with Gasteiger partial charge in [-0.15, -0.1) is 0 Å². The molecule has 0 aliphatic heterocycles. The molecule has 0 fully saturated rings. The molecule has 0 aliphatic carbocycles. The number of Topliss-reactive ketones (excluding diaryl/α,β-unsaturated/α-hetero) is 1. The van der Waals surface area contributed by atoms with E-state index >= 15 is 0 Å². The lowest BCUT2D eigenvalue weighted by Gasteiger charge is -2.10. The molecule has 4 nitrogen and oxygen atoms in total. The summed E-state index contributed by atoms with van der Waals surface area (Å²) in [7, 11) is 0. The van der Waals surface area contributed by atoms with E-state index in [0.717, 1.165) is 0 Å². The highest BCUT2D eigenvalue weighted by Gasteiger charge is 2.03. The second-order valence-electron chi connectivity index (χ2n) is 2.37. The molecule has 0 bridgehead atoms. The second-order valence-corrected chi connectivity index (χ2v) is 2.37. The van der Waals surface area contributed by atoms with E-state index in [1.165, 1.54) is 6.92 Å². The maximum absolute atomic E-state index is 10.5. The quantitative estimate of drug-likeness (QED) is 0.379. The molecular weight excluding hydrogens is 130 g/mol. The number of nitrogens with one attached hydrogen (secondary N) is 2. The molecule has 0 saturated heterocycles. The van der Waals surface area contributed by atoms with Gasteiger partial charge in [0.1, 0.15) is 5.78 Å². The summed E-state index contributed by atoms with van der Waals surface area (Å²) in [5, 5.41) is 9.44. The molecule has 0 rings (SSSR count). The first-order valence-electron chi connectivity index (χ1n) is 3.12. The minimum atomic E-state index is -0.0891. The topological polar surface area (TPSA) is 79.0 Å². The fourth-order valence-electron chi connectivity index (χ4n) is 0.748. The molecular formula is C6H13N3O. The highest BCUT2D eigenvalue weighted by Crippen LogP contribution is 1.89. The standard InChI is InChI=1S/C6H13N3O/c1-4(3-5(2)10)9-6(7)8/h4H,3H2,1-2H3,(H4,7,8,9). The predicted octanol–water partition coefficient (Wildman–Crippen LogP) is -0.163. The third-order valence-corrected chi connectivity index (χ3v) is 0.996. The Morgan fingerprint density at radius 3 is 2.60 bits per heavy atom. The minimum absolute atomic E-state index is 0.0324. The zero-order valence-electron chi connectivity index (χ0n) is 6.27. The lowest BCUT2D eigenvalue weighted by molar-refractivity contribution is -0.117. The van der Waals surface area contributed by atoms with Crippen LogP contribution in [-0.4, -0.2) is 17.8 Å². The van der Waals surface area contributed by atoms with Gasteiger partial charge < -0.3 is 11.1 Å². The van der Waals surface area contributed by atoms with Crippen LogP contribution in [0.15, 0.2) is 0 Å². The van der Waals surface area contributed by atoms with Gasteiger partial charge in [0.2, 0.25) is 0 Å². The maximum Gasteiger partial charge on any atom is 0.185 e. The lowest BCUT2D eigenvalue weighted by Crippen LogP contribution is -2.38. The van der Waals surface area contributed by atoms with Crippen molar-refractivity contribution in [1.29, 1.82) is 5.41 Å². The zero-order valence-corrected chi connectivity index (χ0v) is 6.27. The van der Waals surface area contributed by atoms with E-state index in [1.807, 2.05) is 6.92 Å². The molecule has 0 heterocycles. The third kappa shape index (κ3) is 5.08. The molecule has 0 aromatic rings. The summed E-state index contributed by atoms with van der Waals surface area (Å²) in [5.74, 6) is 0.00926. The Morgan fingerprint density at radius 2 is 2.30 bits per heavy atom. The van der Waals surface area contributed by atoms with Gasteiger partial charge >= 0.3 is 0 Å². The summed E-state index contributed by atoms with van der Waals surface area (Å²) < 4.78 is 0. The van der Waals surface area contributed by atoms with Crippen LogP contribution in [0.3, 0.4) is 0 Å². The van der Waals surface area contributed by atoms with Crippen LogP contribution in [0.2, 0.25) is 0 Å². The summed E-state index contributed by atoms with van der Waals surface area (Å²) in [4.78, 5) is 10.5. The van der Waals surface area contributed by atoms with Gasteiger partial charge in [0.05, 0.1) is 0 Å². The Morgan fingerprint density at radius 1 is 1.80 bits per heavy atom. The van der Waals surface area contributed by atoms with Crippen LogP contribution in [0.4, 0.5) is 0 Å². The van der Waals surface area contributed by atoms with E-state index in [9.17, 15) is 4.79 Å². The van der Waals surface area contributed by atoms with Crippen molar-refractivity contribution in [2.75, 3.05) is 0 Å². The average molecular weight is 143 g/mol. The van der Waals surface area contributed by atoms with Crippen LogP contribution >= 0.6 is 0 Å². The normalized spacial score (nSPS) is 12.2. The SMILES string of the molecule is CC(=O)CC(C)NC(=N)N. The number of carbonyl (C=O) groups is 1. The smallest absolute Gasteiger partial charge is 0.185 e. The molecule has 1 atom stereocenters. The number of carbonyl (C=O) groups excluding carboxylic acids is 1. The maximum atomic E-state index is 10.5. The summed E-state index contributed by atoms with van der Waals surface area (Å²) in [5.41, 5.74) is 5.03. The zero-order chi connectivity index (χ0) is 8.15. The van der Waals surface area contributed by atoms with Crippen molar-refractivity contribution in [3.05, 3.63) is 0 Å². The first kappa shape index (κ1) is 8.94. The van der Waals surface area contributed by atoms with Crippen molar-refractivity contribution in [3.8, 4) is 0 Å². The van der Waals surface area contributed by atoms with Crippen LogP contribution in [0.25, 0.3) is 0 Å². The summed E-state index contributed by atoms with van der Waals surface area (Å²) in [6, 6.07) is -0.0324. The molecule has 0 aromatic carbocycles. The Hall–Kier alpha value is -1.06. The van der Waals surface area contributed by atoms with Gasteiger partial charge in [-0.1, -0.05) is 0 Å². The molecule has 10 heavy (non-hydrogen) atoms. The Labute approximate surface area is 60.3 Å². The highest BCUT2D eigenvalue weighted by molar-refractivity contribution is 5.78. The average Bonchev–Trinajstić information content (AvgIpc) is 1.58. The minimum Gasteiger partial charge on any atom is -0.370 e. The number of hydrogen-bond acceptors (Lipinski definition) is 2. The van der Waals surface area contributed by atoms with Gasteiger partial charge in [0, 0.05) is 12.5 Å².